The van der Waals surface area contributed by atoms with Gasteiger partial charge in [0.2, 0.25) is 5.91 Å². The minimum atomic E-state index is -6.55. The number of halogens is 10. The maximum absolute atomic E-state index is 14.7. The summed E-state index contributed by atoms with van der Waals surface area (Å²) in [5, 5.41) is 5.37. The van der Waals surface area contributed by atoms with Crippen molar-refractivity contribution in [3.05, 3.63) is 64.7 Å². The highest BCUT2D eigenvalue weighted by Gasteiger charge is 2.65. The van der Waals surface area contributed by atoms with Crippen LogP contribution in [0.15, 0.2) is 42.5 Å². The SMILES string of the molecule is CN1CCN(C2CCN(C(=O)[C@@H](Cc3ccc(C(F)(F)C(F)(F)F)c(C(F)(F)C(F)(F)F)c3)NC(=O)N3CCC(N4Cc5ccccc5NC4=O)CC3)CC2)CC1. The van der Waals surface area contributed by atoms with Crippen LogP contribution in [0, 0.1) is 0 Å². The monoisotopic (exact) mass is 823 g/mol. The Balaban J connectivity index is 1.21. The largest absolute Gasteiger partial charge is 0.458 e. The van der Waals surface area contributed by atoms with Crippen molar-refractivity contribution in [1.82, 2.24) is 29.8 Å². The molecule has 0 bridgehead atoms. The van der Waals surface area contributed by atoms with E-state index >= 15 is 0 Å². The first kappa shape index (κ1) is 42.3. The van der Waals surface area contributed by atoms with E-state index in [-0.39, 0.29) is 56.4 Å². The molecule has 0 unspecified atom stereocenters. The van der Waals surface area contributed by atoms with E-state index in [9.17, 15) is 58.3 Å². The quantitative estimate of drug-likeness (QED) is 0.303. The lowest BCUT2D eigenvalue weighted by atomic mass is 9.91. The molecule has 2 N–H and O–H groups in total. The summed E-state index contributed by atoms with van der Waals surface area (Å²) in [4.78, 5) is 49.5. The van der Waals surface area contributed by atoms with Crippen LogP contribution in [0.4, 0.5) is 59.2 Å². The fourth-order valence-corrected chi connectivity index (χ4v) is 7.99. The van der Waals surface area contributed by atoms with Crippen LogP contribution in [-0.2, 0) is 29.6 Å². The number of likely N-dealkylation sites (N-methyl/N-ethyl adjacent to an activating group) is 1. The van der Waals surface area contributed by atoms with Gasteiger partial charge in [-0.15, -0.1) is 0 Å². The van der Waals surface area contributed by atoms with E-state index in [4.69, 9.17) is 0 Å². The molecular weight excluding hydrogens is 780 g/mol. The number of fused-ring (bicyclic) bond motifs is 1. The summed E-state index contributed by atoms with van der Waals surface area (Å²) in [5.41, 5.74) is -4.23. The summed E-state index contributed by atoms with van der Waals surface area (Å²) in [6.45, 7) is 4.32. The first-order valence-corrected chi connectivity index (χ1v) is 18.6. The normalized spacial score (nSPS) is 20.6. The zero-order valence-corrected chi connectivity index (χ0v) is 30.9. The number of anilines is 1. The molecule has 4 aliphatic rings. The molecule has 0 aliphatic carbocycles. The van der Waals surface area contributed by atoms with Gasteiger partial charge in [0, 0.05) is 94.2 Å². The number of piperidine rings is 2. The lowest BCUT2D eigenvalue weighted by Crippen LogP contribution is -2.58. The standard InChI is InChI=1S/C37H43F10N7O3/c1-50-16-18-51(19-17-50)25-8-12-52(13-9-25)31(55)30(21-23-6-7-27(34(38,39)36(42,43)44)28(20-23)35(40,41)37(45,46)47)49-32(56)53-14-10-26(11-15-53)54-22-24-4-2-3-5-29(24)48-33(54)57/h2-7,20,25-26,30H,8-19,21-22H2,1H3,(H,48,57)(H,49,56)/t30-/m1/s1. The van der Waals surface area contributed by atoms with E-state index in [0.717, 1.165) is 31.7 Å². The van der Waals surface area contributed by atoms with Crippen LogP contribution >= 0.6 is 0 Å². The van der Waals surface area contributed by atoms with Crippen molar-refractivity contribution in [2.45, 2.75) is 81.0 Å². The molecular formula is C37H43F10N7O3. The Kier molecular flexibility index (Phi) is 12.0. The number of amides is 5. The van der Waals surface area contributed by atoms with Crippen LogP contribution < -0.4 is 10.6 Å². The molecule has 3 saturated heterocycles. The molecule has 57 heavy (non-hydrogen) atoms. The maximum Gasteiger partial charge on any atom is 0.458 e. The number of alkyl halides is 10. The summed E-state index contributed by atoms with van der Waals surface area (Å²) in [6.07, 6.45) is -12.1. The molecule has 0 aromatic heterocycles. The first-order valence-electron chi connectivity index (χ1n) is 18.6. The number of carbonyl (C=O) groups excluding carboxylic acids is 3. The van der Waals surface area contributed by atoms with Gasteiger partial charge in [-0.05, 0) is 56.0 Å². The van der Waals surface area contributed by atoms with Gasteiger partial charge in [0.1, 0.15) is 6.04 Å². The summed E-state index contributed by atoms with van der Waals surface area (Å²) in [5.74, 6) is -13.0. The average molecular weight is 824 g/mol. The van der Waals surface area contributed by atoms with Crippen molar-refractivity contribution >= 4 is 23.7 Å². The predicted molar refractivity (Wildman–Crippen MR) is 187 cm³/mol. The number of nitrogens with one attached hydrogen (secondary N) is 2. The van der Waals surface area contributed by atoms with Crippen molar-refractivity contribution in [3.8, 4) is 0 Å². The van der Waals surface area contributed by atoms with Gasteiger partial charge in [-0.2, -0.15) is 43.9 Å². The molecule has 20 heteroatoms. The van der Waals surface area contributed by atoms with Crippen LogP contribution in [0.3, 0.4) is 0 Å². The van der Waals surface area contributed by atoms with Gasteiger partial charge in [0.15, 0.2) is 0 Å². The van der Waals surface area contributed by atoms with Crippen LogP contribution in [0.1, 0.15) is 47.9 Å². The smallest absolute Gasteiger partial charge is 0.341 e. The van der Waals surface area contributed by atoms with E-state index in [0.29, 0.717) is 44.0 Å². The van der Waals surface area contributed by atoms with Crippen molar-refractivity contribution in [3.63, 3.8) is 0 Å². The number of benzene rings is 2. The van der Waals surface area contributed by atoms with Crippen LogP contribution in [0.5, 0.6) is 0 Å². The van der Waals surface area contributed by atoms with Crippen molar-refractivity contribution < 1.29 is 58.3 Å². The molecule has 2 aromatic rings. The molecule has 2 aromatic carbocycles. The van der Waals surface area contributed by atoms with Gasteiger partial charge in [-0.25, -0.2) is 9.59 Å². The van der Waals surface area contributed by atoms with Crippen molar-refractivity contribution in [2.24, 2.45) is 0 Å². The van der Waals surface area contributed by atoms with Crippen LogP contribution in [-0.4, -0.2) is 132 Å². The molecule has 10 nitrogen and oxygen atoms in total. The molecule has 6 rings (SSSR count). The number of hydrogen-bond donors (Lipinski definition) is 2. The van der Waals surface area contributed by atoms with Crippen LogP contribution in [0.2, 0.25) is 0 Å². The number of para-hydroxylation sites is 1. The highest BCUT2D eigenvalue weighted by Crippen LogP contribution is 2.52. The zero-order chi connectivity index (χ0) is 41.5. The fourth-order valence-electron chi connectivity index (χ4n) is 7.99. The number of carbonyl (C=O) groups is 3. The highest BCUT2D eigenvalue weighted by molar-refractivity contribution is 5.92. The molecule has 3 fully saturated rings. The number of nitrogens with zero attached hydrogens (tertiary/aromatic N) is 5. The fraction of sp³-hybridized carbons (Fsp3) is 0.595. The Morgan fingerprint density at radius 1 is 0.737 bits per heavy atom. The van der Waals surface area contributed by atoms with E-state index in [1.165, 1.54) is 9.80 Å². The molecule has 0 radical (unpaired) electrons. The second-order valence-corrected chi connectivity index (χ2v) is 15.1. The molecule has 4 heterocycles. The third kappa shape index (κ3) is 8.90. The Labute approximate surface area is 322 Å². The maximum atomic E-state index is 14.7. The predicted octanol–water partition coefficient (Wildman–Crippen LogP) is 6.37. The van der Waals surface area contributed by atoms with Gasteiger partial charge < -0.3 is 30.2 Å². The summed E-state index contributed by atoms with van der Waals surface area (Å²) < 4.78 is 139. The minimum Gasteiger partial charge on any atom is -0.341 e. The Morgan fingerprint density at radius 3 is 1.91 bits per heavy atom. The van der Waals surface area contributed by atoms with Crippen LogP contribution in [0.25, 0.3) is 0 Å². The molecule has 4 aliphatic heterocycles. The Hall–Kier alpha value is -4.33. The highest BCUT2D eigenvalue weighted by atomic mass is 19.4. The van der Waals surface area contributed by atoms with Gasteiger partial charge in [0.25, 0.3) is 0 Å². The third-order valence-electron chi connectivity index (χ3n) is 11.4. The number of hydrogen-bond acceptors (Lipinski definition) is 5. The van der Waals surface area contributed by atoms with E-state index in [1.54, 1.807) is 17.0 Å². The molecule has 314 valence electrons. The molecule has 1 atom stereocenters. The summed E-state index contributed by atoms with van der Waals surface area (Å²) in [6, 6.07) is 4.68. The molecule has 0 saturated carbocycles. The second-order valence-electron chi connectivity index (χ2n) is 15.1. The zero-order valence-electron chi connectivity index (χ0n) is 30.9. The van der Waals surface area contributed by atoms with Gasteiger partial charge in [0.05, 0.1) is 0 Å². The lowest BCUT2D eigenvalue weighted by Gasteiger charge is -2.43. The van der Waals surface area contributed by atoms with Gasteiger partial charge in [-0.1, -0.05) is 30.3 Å². The topological polar surface area (TPSA) is 91.5 Å². The number of likely N-dealkylation sites (tertiary alicyclic amines) is 2. The van der Waals surface area contributed by atoms with E-state index in [2.05, 4.69) is 20.4 Å². The lowest BCUT2D eigenvalue weighted by molar-refractivity contribution is -0.301. The van der Waals surface area contributed by atoms with Crippen molar-refractivity contribution in [1.29, 1.82) is 0 Å². The Bertz CT molecular complexity index is 1790. The first-order chi connectivity index (χ1) is 26.7. The van der Waals surface area contributed by atoms with Crippen molar-refractivity contribution in [2.75, 3.05) is 64.7 Å². The van der Waals surface area contributed by atoms with E-state index in [1.807, 2.05) is 19.2 Å². The number of piperazine rings is 1. The van der Waals surface area contributed by atoms with Gasteiger partial charge in [-0.3, -0.25) is 9.69 Å². The molecule has 5 amide bonds. The second kappa shape index (κ2) is 16.1. The number of rotatable bonds is 8. The minimum absolute atomic E-state index is 0.109. The summed E-state index contributed by atoms with van der Waals surface area (Å²) in [7, 11) is 2.00. The molecule has 0 spiro atoms. The van der Waals surface area contributed by atoms with E-state index < -0.39 is 65.3 Å². The Morgan fingerprint density at radius 2 is 1.30 bits per heavy atom. The summed E-state index contributed by atoms with van der Waals surface area (Å²) >= 11 is 0. The average Bonchev–Trinajstić information content (AvgIpc) is 3.16. The third-order valence-corrected chi connectivity index (χ3v) is 11.4. The number of urea groups is 2. The van der Waals surface area contributed by atoms with Gasteiger partial charge >= 0.3 is 36.3 Å².